The van der Waals surface area contributed by atoms with Crippen LogP contribution in [0.25, 0.3) is 0 Å². The Morgan fingerprint density at radius 2 is 2.30 bits per heavy atom. The number of amides is 1. The third kappa shape index (κ3) is 2.91. The van der Waals surface area contributed by atoms with Crippen LogP contribution < -0.4 is 0 Å². The van der Waals surface area contributed by atoms with Gasteiger partial charge in [-0.25, -0.2) is 0 Å². The highest BCUT2D eigenvalue weighted by Crippen LogP contribution is 1.92. The fourth-order valence-electron chi connectivity index (χ4n) is 0.390. The number of rotatable bonds is 4. The van der Waals surface area contributed by atoms with E-state index in [4.69, 9.17) is 0 Å². The summed E-state index contributed by atoms with van der Waals surface area (Å²) in [5.41, 5.74) is 0. The van der Waals surface area contributed by atoms with Crippen molar-refractivity contribution in [3.05, 3.63) is 4.91 Å². The number of hydrogen-bond acceptors (Lipinski definition) is 4. The number of nitrogens with zero attached hydrogens (tertiary/aromatic N) is 2. The lowest BCUT2D eigenvalue weighted by atomic mass is 10.3. The van der Waals surface area contributed by atoms with E-state index in [1.807, 2.05) is 0 Å². The zero-order chi connectivity index (χ0) is 7.98. The van der Waals surface area contributed by atoms with Gasteiger partial charge in [0.15, 0.2) is 0 Å². The van der Waals surface area contributed by atoms with Gasteiger partial charge in [-0.3, -0.25) is 4.79 Å². The van der Waals surface area contributed by atoms with Gasteiger partial charge in [-0.15, -0.1) is 4.91 Å². The minimum atomic E-state index is -0.442. The number of nitroso groups, excluding NO2 is 1. The van der Waals surface area contributed by atoms with E-state index >= 15 is 0 Å². The molecular formula is C5H8N2O3. The molecule has 0 unspecified atom stereocenters. The maximum absolute atomic E-state index is 10.6. The predicted octanol–water partition coefficient (Wildman–Crippen LogP) is 0.105. The second kappa shape index (κ2) is 4.60. The smallest absolute Gasteiger partial charge is 0.245 e. The van der Waals surface area contributed by atoms with E-state index < -0.39 is 5.91 Å². The largest absolute Gasteiger partial charge is 0.303 e. The molecule has 0 bridgehead atoms. The van der Waals surface area contributed by atoms with Crippen LogP contribution in [0.3, 0.4) is 0 Å². The SMILES string of the molecule is CN(N=O)C(=O)CCC=O. The summed E-state index contributed by atoms with van der Waals surface area (Å²) < 4.78 is 0. The van der Waals surface area contributed by atoms with E-state index in [0.29, 0.717) is 11.3 Å². The van der Waals surface area contributed by atoms with E-state index in [-0.39, 0.29) is 12.8 Å². The van der Waals surface area contributed by atoms with Crippen molar-refractivity contribution in [1.29, 1.82) is 0 Å². The molecule has 0 aliphatic heterocycles. The molecule has 0 atom stereocenters. The second-order valence-corrected chi connectivity index (χ2v) is 1.70. The van der Waals surface area contributed by atoms with Crippen LogP contribution in [0, 0.1) is 4.91 Å². The Labute approximate surface area is 57.9 Å². The molecule has 5 nitrogen and oxygen atoms in total. The number of hydrogen-bond donors (Lipinski definition) is 0. The van der Waals surface area contributed by atoms with Crippen molar-refractivity contribution in [1.82, 2.24) is 5.01 Å². The molecule has 10 heavy (non-hydrogen) atoms. The molecule has 1 amide bonds. The lowest BCUT2D eigenvalue weighted by Crippen LogP contribution is -2.19. The topological polar surface area (TPSA) is 66.8 Å². The van der Waals surface area contributed by atoms with Gasteiger partial charge in [0.1, 0.15) is 6.29 Å². The van der Waals surface area contributed by atoms with Crippen LogP contribution >= 0.6 is 0 Å². The maximum atomic E-state index is 10.6. The summed E-state index contributed by atoms with van der Waals surface area (Å²) in [5, 5.41) is 3.03. The Balaban J connectivity index is 3.61. The highest BCUT2D eigenvalue weighted by atomic mass is 16.3. The first-order chi connectivity index (χ1) is 4.72. The fraction of sp³-hybridized carbons (Fsp3) is 0.600. The maximum Gasteiger partial charge on any atom is 0.245 e. The molecule has 0 aromatic carbocycles. The molecule has 0 spiro atoms. The van der Waals surface area contributed by atoms with Crippen LogP contribution in [0.2, 0.25) is 0 Å². The average molecular weight is 144 g/mol. The third-order valence-electron chi connectivity index (χ3n) is 0.959. The molecule has 0 radical (unpaired) electrons. The first-order valence-corrected chi connectivity index (χ1v) is 2.76. The van der Waals surface area contributed by atoms with Crippen LogP contribution in [0.4, 0.5) is 0 Å². The molecule has 56 valence electrons. The molecule has 5 heteroatoms. The summed E-state index contributed by atoms with van der Waals surface area (Å²) in [6.07, 6.45) is 0.807. The lowest BCUT2D eigenvalue weighted by molar-refractivity contribution is -0.130. The Hall–Kier alpha value is -1.26. The van der Waals surface area contributed by atoms with Crippen LogP contribution in [0.15, 0.2) is 5.29 Å². The number of carbonyl (C=O) groups excluding carboxylic acids is 2. The lowest BCUT2D eigenvalue weighted by Gasteiger charge is -2.02. The van der Waals surface area contributed by atoms with Crippen molar-refractivity contribution in [3.8, 4) is 0 Å². The molecule has 0 aromatic rings. The van der Waals surface area contributed by atoms with E-state index in [9.17, 15) is 14.5 Å². The average Bonchev–Trinajstić information content (AvgIpc) is 1.98. The highest BCUT2D eigenvalue weighted by molar-refractivity contribution is 5.77. The molecular weight excluding hydrogens is 136 g/mol. The molecule has 0 heterocycles. The van der Waals surface area contributed by atoms with Gasteiger partial charge in [0, 0.05) is 19.9 Å². The molecule has 0 rings (SSSR count). The Morgan fingerprint density at radius 1 is 1.70 bits per heavy atom. The van der Waals surface area contributed by atoms with Crippen molar-refractivity contribution in [2.24, 2.45) is 5.29 Å². The van der Waals surface area contributed by atoms with Gasteiger partial charge in [-0.1, -0.05) is 0 Å². The number of carbonyl (C=O) groups is 2. The van der Waals surface area contributed by atoms with Crippen LogP contribution in [-0.2, 0) is 9.59 Å². The van der Waals surface area contributed by atoms with E-state index in [1.165, 1.54) is 7.05 Å². The molecule has 0 aromatic heterocycles. The molecule has 0 aliphatic carbocycles. The van der Waals surface area contributed by atoms with Crippen molar-refractivity contribution in [3.63, 3.8) is 0 Å². The minimum Gasteiger partial charge on any atom is -0.303 e. The zero-order valence-corrected chi connectivity index (χ0v) is 5.61. The Bertz CT molecular complexity index is 146. The Morgan fingerprint density at radius 3 is 2.70 bits per heavy atom. The van der Waals surface area contributed by atoms with Crippen molar-refractivity contribution >= 4 is 12.2 Å². The van der Waals surface area contributed by atoms with E-state index in [1.54, 1.807) is 0 Å². The van der Waals surface area contributed by atoms with Crippen molar-refractivity contribution in [2.75, 3.05) is 7.05 Å². The highest BCUT2D eigenvalue weighted by Gasteiger charge is 2.06. The van der Waals surface area contributed by atoms with Gasteiger partial charge >= 0.3 is 0 Å². The number of aldehydes is 1. The standard InChI is InChI=1S/C5H8N2O3/c1-7(6-10)5(9)3-2-4-8/h4H,2-3H2,1H3. The van der Waals surface area contributed by atoms with Crippen LogP contribution in [0.5, 0.6) is 0 Å². The van der Waals surface area contributed by atoms with Gasteiger partial charge in [-0.05, 0) is 0 Å². The molecule has 0 fully saturated rings. The van der Waals surface area contributed by atoms with Crippen LogP contribution in [0.1, 0.15) is 12.8 Å². The van der Waals surface area contributed by atoms with E-state index in [0.717, 1.165) is 0 Å². The summed E-state index contributed by atoms with van der Waals surface area (Å²) in [7, 11) is 1.25. The van der Waals surface area contributed by atoms with Gasteiger partial charge in [-0.2, -0.15) is 5.01 Å². The summed E-state index contributed by atoms with van der Waals surface area (Å²) in [4.78, 5) is 30.0. The first-order valence-electron chi connectivity index (χ1n) is 2.76. The third-order valence-corrected chi connectivity index (χ3v) is 0.959. The monoisotopic (exact) mass is 144 g/mol. The summed E-state index contributed by atoms with van der Waals surface area (Å²) >= 11 is 0. The van der Waals surface area contributed by atoms with Crippen molar-refractivity contribution in [2.45, 2.75) is 12.8 Å². The molecule has 0 aliphatic rings. The van der Waals surface area contributed by atoms with Gasteiger partial charge in [0.25, 0.3) is 0 Å². The molecule has 0 saturated heterocycles. The van der Waals surface area contributed by atoms with Crippen LogP contribution in [-0.4, -0.2) is 24.2 Å². The van der Waals surface area contributed by atoms with Crippen molar-refractivity contribution < 1.29 is 9.59 Å². The van der Waals surface area contributed by atoms with E-state index in [2.05, 4.69) is 5.29 Å². The molecule has 0 N–H and O–H groups in total. The summed E-state index contributed by atoms with van der Waals surface area (Å²) in [6, 6.07) is 0. The fourth-order valence-corrected chi connectivity index (χ4v) is 0.390. The Kier molecular flexibility index (Phi) is 4.02. The predicted molar refractivity (Wildman–Crippen MR) is 33.9 cm³/mol. The quantitative estimate of drug-likeness (QED) is 0.319. The van der Waals surface area contributed by atoms with Gasteiger partial charge < -0.3 is 4.79 Å². The normalized spacial score (nSPS) is 8.50. The second-order valence-electron chi connectivity index (χ2n) is 1.70. The first kappa shape index (κ1) is 8.74. The van der Waals surface area contributed by atoms with Gasteiger partial charge in [0.05, 0.1) is 5.29 Å². The zero-order valence-electron chi connectivity index (χ0n) is 5.61. The molecule has 0 saturated carbocycles. The summed E-state index contributed by atoms with van der Waals surface area (Å²) in [5.74, 6) is -0.442. The van der Waals surface area contributed by atoms with Gasteiger partial charge in [0.2, 0.25) is 5.91 Å². The minimum absolute atomic E-state index is 0.0474. The summed E-state index contributed by atoms with van der Waals surface area (Å²) in [6.45, 7) is 0.